The number of hydrogen-bond donors (Lipinski definition) is 1. The molecule has 1 atom stereocenters. The zero-order chi connectivity index (χ0) is 10.4. The lowest BCUT2D eigenvalue weighted by Crippen LogP contribution is -2.09. The Balaban J connectivity index is 2.47. The molecule has 0 aliphatic rings. The highest BCUT2D eigenvalue weighted by Crippen LogP contribution is 2.16. The first kappa shape index (κ1) is 10.9. The van der Waals surface area contributed by atoms with Gasteiger partial charge in [-0.1, -0.05) is 18.2 Å². The van der Waals surface area contributed by atoms with E-state index in [0.717, 1.165) is 24.8 Å². The van der Waals surface area contributed by atoms with Crippen LogP contribution in [-0.2, 0) is 0 Å². The summed E-state index contributed by atoms with van der Waals surface area (Å²) in [4.78, 5) is 0. The summed E-state index contributed by atoms with van der Waals surface area (Å²) >= 11 is 0. The molecule has 2 heteroatoms. The van der Waals surface area contributed by atoms with Crippen molar-refractivity contribution in [2.75, 3.05) is 0 Å². The first-order chi connectivity index (χ1) is 6.74. The van der Waals surface area contributed by atoms with Gasteiger partial charge in [-0.25, -0.2) is 4.39 Å². The van der Waals surface area contributed by atoms with Crippen LogP contribution in [0.1, 0.15) is 30.9 Å². The van der Waals surface area contributed by atoms with Crippen LogP contribution >= 0.6 is 0 Å². The Labute approximate surface area is 84.4 Å². The fourth-order valence-electron chi connectivity index (χ4n) is 1.36. The molecule has 0 aromatic heterocycles. The molecule has 2 N–H and O–H groups in total. The molecule has 1 rings (SSSR count). The van der Waals surface area contributed by atoms with E-state index in [1.54, 1.807) is 12.1 Å². The highest BCUT2D eigenvalue weighted by molar-refractivity contribution is 5.19. The Hall–Kier alpha value is -1.15. The van der Waals surface area contributed by atoms with E-state index in [1.807, 2.05) is 6.08 Å². The third-order valence-electron chi connectivity index (χ3n) is 2.22. The second-order valence-electron chi connectivity index (χ2n) is 3.38. The first-order valence-corrected chi connectivity index (χ1v) is 4.86. The lowest BCUT2D eigenvalue weighted by molar-refractivity contribution is 0.606. The van der Waals surface area contributed by atoms with E-state index in [9.17, 15) is 4.39 Å². The topological polar surface area (TPSA) is 26.0 Å². The summed E-state index contributed by atoms with van der Waals surface area (Å²) in [5.74, 6) is -0.216. The molecule has 1 aromatic carbocycles. The summed E-state index contributed by atoms with van der Waals surface area (Å²) < 4.78 is 12.6. The number of benzene rings is 1. The van der Waals surface area contributed by atoms with Crippen LogP contribution in [0.15, 0.2) is 36.9 Å². The van der Waals surface area contributed by atoms with Gasteiger partial charge in [0.1, 0.15) is 5.82 Å². The molecule has 14 heavy (non-hydrogen) atoms. The summed E-state index contributed by atoms with van der Waals surface area (Å²) in [6.07, 6.45) is 4.81. The first-order valence-electron chi connectivity index (χ1n) is 4.86. The van der Waals surface area contributed by atoms with Gasteiger partial charge >= 0.3 is 0 Å². The van der Waals surface area contributed by atoms with Gasteiger partial charge in [0.15, 0.2) is 0 Å². The van der Waals surface area contributed by atoms with Gasteiger partial charge < -0.3 is 5.73 Å². The second kappa shape index (κ2) is 5.55. The van der Waals surface area contributed by atoms with Crippen molar-refractivity contribution < 1.29 is 4.39 Å². The van der Waals surface area contributed by atoms with Crippen LogP contribution in [0.5, 0.6) is 0 Å². The van der Waals surface area contributed by atoms with Gasteiger partial charge in [0.25, 0.3) is 0 Å². The normalized spacial score (nSPS) is 12.4. The molecule has 76 valence electrons. The van der Waals surface area contributed by atoms with Crippen molar-refractivity contribution in [2.24, 2.45) is 5.73 Å². The second-order valence-corrected chi connectivity index (χ2v) is 3.38. The molecule has 0 heterocycles. The molecule has 0 bridgehead atoms. The maximum atomic E-state index is 12.6. The van der Waals surface area contributed by atoms with Crippen molar-refractivity contribution in [1.29, 1.82) is 0 Å². The van der Waals surface area contributed by atoms with Crippen LogP contribution in [0, 0.1) is 5.82 Å². The monoisotopic (exact) mass is 193 g/mol. The summed E-state index contributed by atoms with van der Waals surface area (Å²) in [7, 11) is 0. The van der Waals surface area contributed by atoms with E-state index in [2.05, 4.69) is 6.58 Å². The van der Waals surface area contributed by atoms with Gasteiger partial charge in [-0.15, -0.1) is 6.58 Å². The fourth-order valence-corrected chi connectivity index (χ4v) is 1.36. The minimum absolute atomic E-state index is 0.00977. The van der Waals surface area contributed by atoms with Crippen molar-refractivity contribution in [1.82, 2.24) is 0 Å². The average Bonchev–Trinajstić information content (AvgIpc) is 2.19. The van der Waals surface area contributed by atoms with E-state index >= 15 is 0 Å². The van der Waals surface area contributed by atoms with Crippen LogP contribution in [0.3, 0.4) is 0 Å². The van der Waals surface area contributed by atoms with Crippen LogP contribution in [0.25, 0.3) is 0 Å². The number of unbranched alkanes of at least 4 members (excludes halogenated alkanes) is 1. The molecule has 0 amide bonds. The number of rotatable bonds is 5. The number of hydrogen-bond acceptors (Lipinski definition) is 1. The molecule has 0 radical (unpaired) electrons. The molecule has 0 saturated carbocycles. The largest absolute Gasteiger partial charge is 0.324 e. The van der Waals surface area contributed by atoms with Crippen LogP contribution in [0.2, 0.25) is 0 Å². The van der Waals surface area contributed by atoms with E-state index in [0.29, 0.717) is 0 Å². The minimum Gasteiger partial charge on any atom is -0.324 e. The maximum absolute atomic E-state index is 12.6. The predicted octanol–water partition coefficient (Wildman–Crippen LogP) is 3.18. The number of nitrogens with two attached hydrogens (primary N) is 1. The predicted molar refractivity (Wildman–Crippen MR) is 57.4 cm³/mol. The number of halogens is 1. The van der Waals surface area contributed by atoms with E-state index in [1.165, 1.54) is 12.1 Å². The molecular formula is C12H16FN. The Bertz CT molecular complexity index is 279. The molecule has 0 saturated heterocycles. The van der Waals surface area contributed by atoms with Crippen molar-refractivity contribution in [3.63, 3.8) is 0 Å². The number of allylic oxidation sites excluding steroid dienone is 1. The SMILES string of the molecule is C=CCCCC(N)c1ccc(F)cc1. The van der Waals surface area contributed by atoms with Crippen molar-refractivity contribution in [2.45, 2.75) is 25.3 Å². The summed E-state index contributed by atoms with van der Waals surface area (Å²) in [5, 5.41) is 0. The summed E-state index contributed by atoms with van der Waals surface area (Å²) in [6.45, 7) is 3.65. The Morgan fingerprint density at radius 1 is 1.36 bits per heavy atom. The van der Waals surface area contributed by atoms with Crippen molar-refractivity contribution >= 4 is 0 Å². The highest BCUT2D eigenvalue weighted by atomic mass is 19.1. The standard InChI is InChI=1S/C12H16FN/c1-2-3-4-5-12(14)10-6-8-11(13)9-7-10/h2,6-9,12H,1,3-5,14H2. The fraction of sp³-hybridized carbons (Fsp3) is 0.333. The molecule has 0 spiro atoms. The lowest BCUT2D eigenvalue weighted by atomic mass is 10.0. The third kappa shape index (κ3) is 3.30. The molecule has 0 aliphatic heterocycles. The Morgan fingerprint density at radius 3 is 2.57 bits per heavy atom. The molecule has 0 aliphatic carbocycles. The summed E-state index contributed by atoms with van der Waals surface area (Å²) in [6, 6.07) is 6.39. The van der Waals surface area contributed by atoms with E-state index in [4.69, 9.17) is 5.73 Å². The van der Waals surface area contributed by atoms with Gasteiger partial charge in [-0.3, -0.25) is 0 Å². The van der Waals surface area contributed by atoms with Crippen molar-refractivity contribution in [3.8, 4) is 0 Å². The molecular weight excluding hydrogens is 177 g/mol. The smallest absolute Gasteiger partial charge is 0.123 e. The van der Waals surface area contributed by atoms with E-state index < -0.39 is 0 Å². The molecule has 1 nitrogen and oxygen atoms in total. The van der Waals surface area contributed by atoms with Crippen LogP contribution in [-0.4, -0.2) is 0 Å². The van der Waals surface area contributed by atoms with E-state index in [-0.39, 0.29) is 11.9 Å². The van der Waals surface area contributed by atoms with Crippen LogP contribution < -0.4 is 5.73 Å². The van der Waals surface area contributed by atoms with Crippen LogP contribution in [0.4, 0.5) is 4.39 Å². The molecule has 0 fully saturated rings. The van der Waals surface area contributed by atoms with Gasteiger partial charge in [-0.05, 0) is 37.0 Å². The Morgan fingerprint density at radius 2 is 2.00 bits per heavy atom. The van der Waals surface area contributed by atoms with Gasteiger partial charge in [-0.2, -0.15) is 0 Å². The zero-order valence-corrected chi connectivity index (χ0v) is 8.25. The molecule has 1 aromatic rings. The summed E-state index contributed by atoms with van der Waals surface area (Å²) in [5.41, 5.74) is 6.92. The molecule has 1 unspecified atom stereocenters. The Kier molecular flexibility index (Phi) is 4.33. The van der Waals surface area contributed by atoms with Gasteiger partial charge in [0.2, 0.25) is 0 Å². The highest BCUT2D eigenvalue weighted by Gasteiger charge is 2.04. The average molecular weight is 193 g/mol. The third-order valence-corrected chi connectivity index (χ3v) is 2.22. The maximum Gasteiger partial charge on any atom is 0.123 e. The lowest BCUT2D eigenvalue weighted by Gasteiger charge is -2.10. The van der Waals surface area contributed by atoms with Gasteiger partial charge in [0, 0.05) is 6.04 Å². The minimum atomic E-state index is -0.216. The van der Waals surface area contributed by atoms with Crippen molar-refractivity contribution in [3.05, 3.63) is 48.3 Å². The quantitative estimate of drug-likeness (QED) is 0.564. The zero-order valence-electron chi connectivity index (χ0n) is 8.25. The van der Waals surface area contributed by atoms with Gasteiger partial charge in [0.05, 0.1) is 0 Å².